The maximum Gasteiger partial charge on any atom is 0.303 e. The van der Waals surface area contributed by atoms with E-state index in [0.29, 0.717) is 85.5 Å². The Kier molecular flexibility index (Phi) is 27.0. The highest BCUT2D eigenvalue weighted by Crippen LogP contribution is 2.47. The third kappa shape index (κ3) is 22.2. The molecule has 14 rings (SSSR count). The molecule has 0 bridgehead atoms. The minimum atomic E-state index is -0.746. The SMILES string of the molecule is C=C1COC2CC2[C@H]1OC(C)=O.CC(=O)OC[C@@H]1CC=CCC(n2cnc3c(Cl)ncnc32)O1.CC(=O)OC[C@H]1COC2CC2[C@H]1OC(C)=O.CC(=O)O[C@@H]1C2CC2OC[C@H]1O.CC(=O)O[C@@H]1C=COC[C@H]1O.CC(=O)O[C@H]1C(=O)COC2CC21.OC[C@H]1COC2CC2[C@H]1O. The van der Waals surface area contributed by atoms with Gasteiger partial charge in [0, 0.05) is 90.4 Å². The lowest BCUT2D eigenvalue weighted by Gasteiger charge is -2.30. The van der Waals surface area contributed by atoms with E-state index in [9.17, 15) is 48.6 Å². The predicted octanol–water partition coefficient (Wildman–Crippen LogP) is 2.49. The van der Waals surface area contributed by atoms with Gasteiger partial charge in [-0.05, 0) is 50.2 Å². The Bertz CT molecular complexity index is 3020. The second kappa shape index (κ2) is 34.6. The van der Waals surface area contributed by atoms with Crippen LogP contribution >= 0.6 is 11.6 Å². The summed E-state index contributed by atoms with van der Waals surface area (Å²) in [6.07, 6.45) is 13.5. The van der Waals surface area contributed by atoms with Crippen molar-refractivity contribution in [3.63, 3.8) is 0 Å². The Labute approximate surface area is 553 Å². The van der Waals surface area contributed by atoms with Gasteiger partial charge in [0.2, 0.25) is 0 Å². The highest BCUT2D eigenvalue weighted by atomic mass is 35.5. The quantitative estimate of drug-likeness (QED) is 0.109. The number of ether oxygens (including phenoxy) is 14. The van der Waals surface area contributed by atoms with Crippen molar-refractivity contribution in [3.05, 3.63) is 54.4 Å². The summed E-state index contributed by atoms with van der Waals surface area (Å²) in [5.74, 6) is -1.08. The summed E-state index contributed by atoms with van der Waals surface area (Å²) >= 11 is 6.02. The fourth-order valence-electron chi connectivity index (χ4n) is 11.8. The number of fused-ring (bicyclic) bond motifs is 6. The molecule has 10 fully saturated rings. The molecule has 0 spiro atoms. The third-order valence-corrected chi connectivity index (χ3v) is 17.3. The van der Waals surface area contributed by atoms with Crippen LogP contribution in [0.4, 0.5) is 0 Å². The van der Waals surface area contributed by atoms with Gasteiger partial charge in [0.15, 0.2) is 28.8 Å². The van der Waals surface area contributed by atoms with Gasteiger partial charge in [0.05, 0.1) is 101 Å². The van der Waals surface area contributed by atoms with E-state index in [0.717, 1.165) is 37.7 Å². The molecule has 2 aromatic rings. The van der Waals surface area contributed by atoms with Crippen LogP contribution in [0.3, 0.4) is 0 Å². The van der Waals surface area contributed by atoms with Crippen molar-refractivity contribution >= 4 is 70.3 Å². The number of aromatic nitrogens is 4. The molecule has 7 aliphatic heterocycles. The van der Waals surface area contributed by atoms with Crippen molar-refractivity contribution in [1.82, 2.24) is 19.5 Å². The average molecular weight is 1360 g/mol. The topological polar surface area (TPSA) is 390 Å². The number of nitrogens with zero attached hydrogens (tertiary/aromatic N) is 4. The van der Waals surface area contributed by atoms with Crippen molar-refractivity contribution in [2.45, 2.75) is 185 Å². The second-order valence-electron chi connectivity index (χ2n) is 25.0. The highest BCUT2D eigenvalue weighted by Gasteiger charge is 2.55. The molecule has 5 saturated carbocycles. The zero-order valence-corrected chi connectivity index (χ0v) is 54.9. The zero-order chi connectivity index (χ0) is 68.8. The smallest absolute Gasteiger partial charge is 0.303 e. The summed E-state index contributed by atoms with van der Waals surface area (Å²) in [4.78, 5) is 98.6. The third-order valence-electron chi connectivity index (χ3n) is 17.0. The molecule has 22 atom stereocenters. The van der Waals surface area contributed by atoms with Gasteiger partial charge < -0.3 is 86.7 Å². The number of Topliss-reactive ketones (excluding diaryl/α,β-unsaturated/α-hetero) is 1. The van der Waals surface area contributed by atoms with Crippen LogP contribution < -0.4 is 0 Å². The lowest BCUT2D eigenvalue weighted by atomic mass is 9.98. The monoisotopic (exact) mass is 1360 g/mol. The molecule has 95 heavy (non-hydrogen) atoms. The number of ketones is 1. The first-order chi connectivity index (χ1) is 45.3. The number of aliphatic hydroxyl groups excluding tert-OH is 4. The van der Waals surface area contributed by atoms with Crippen molar-refractivity contribution in [1.29, 1.82) is 0 Å². The first-order valence-corrected chi connectivity index (χ1v) is 32.2. The van der Waals surface area contributed by atoms with Gasteiger partial charge in [0.1, 0.15) is 68.4 Å². The van der Waals surface area contributed by atoms with E-state index in [1.165, 1.54) is 67.1 Å². The number of carbonyl (C=O) groups is 8. The maximum absolute atomic E-state index is 11.2. The summed E-state index contributed by atoms with van der Waals surface area (Å²) < 4.78 is 74.2. The van der Waals surface area contributed by atoms with Gasteiger partial charge in [-0.3, -0.25) is 42.9 Å². The molecule has 11 unspecified atom stereocenters. The summed E-state index contributed by atoms with van der Waals surface area (Å²) in [5, 5.41) is 37.1. The Morgan fingerprint density at radius 2 is 1.13 bits per heavy atom. The van der Waals surface area contributed by atoms with E-state index in [4.69, 9.17) is 88.1 Å². The zero-order valence-electron chi connectivity index (χ0n) is 54.1. The molecule has 0 amide bonds. The molecule has 30 nitrogen and oxygen atoms in total. The number of aliphatic hydroxyl groups is 4. The molecular weight excluding hydrogens is 1280 g/mol. The van der Waals surface area contributed by atoms with Gasteiger partial charge in [-0.15, -0.1) is 0 Å². The lowest BCUT2D eigenvalue weighted by Crippen LogP contribution is -2.40. The molecule has 2 aromatic heterocycles. The molecule has 5 aliphatic carbocycles. The summed E-state index contributed by atoms with van der Waals surface area (Å²) in [6.45, 7) is 16.0. The molecular formula is C64H87ClN4O26. The van der Waals surface area contributed by atoms with Crippen molar-refractivity contribution in [2.75, 3.05) is 59.5 Å². The number of imidazole rings is 1. The average Bonchev–Trinajstić information content (AvgIpc) is 1.66. The van der Waals surface area contributed by atoms with E-state index in [2.05, 4.69) is 21.5 Å². The van der Waals surface area contributed by atoms with E-state index in [1.54, 1.807) is 6.33 Å². The van der Waals surface area contributed by atoms with Gasteiger partial charge >= 0.3 is 41.8 Å². The molecule has 526 valence electrons. The molecule has 5 saturated heterocycles. The summed E-state index contributed by atoms with van der Waals surface area (Å²) in [6, 6.07) is 0. The minimum absolute atomic E-state index is 0.0310. The second-order valence-corrected chi connectivity index (χ2v) is 25.3. The van der Waals surface area contributed by atoms with Crippen LogP contribution in [0.25, 0.3) is 11.2 Å². The Balaban J connectivity index is 0.000000144. The molecule has 4 N–H and O–H groups in total. The lowest BCUT2D eigenvalue weighted by molar-refractivity contribution is -0.164. The van der Waals surface area contributed by atoms with E-state index in [1.807, 2.05) is 16.7 Å². The predicted molar refractivity (Wildman–Crippen MR) is 324 cm³/mol. The number of hydrogen-bond donors (Lipinski definition) is 4. The van der Waals surface area contributed by atoms with Crippen molar-refractivity contribution in [2.24, 2.45) is 41.4 Å². The fraction of sp³-hybridized carbons (Fsp3) is 0.703. The molecule has 12 aliphatic rings. The first kappa shape index (κ1) is 74.2. The van der Waals surface area contributed by atoms with Crippen LogP contribution in [0.5, 0.6) is 0 Å². The van der Waals surface area contributed by atoms with Gasteiger partial charge in [-0.1, -0.05) is 30.3 Å². The number of halogens is 1. The highest BCUT2D eigenvalue weighted by molar-refractivity contribution is 6.33. The van der Waals surface area contributed by atoms with Crippen molar-refractivity contribution < 1.29 is 125 Å². The van der Waals surface area contributed by atoms with Gasteiger partial charge in [-0.25, -0.2) is 15.0 Å². The molecule has 0 aromatic carbocycles. The van der Waals surface area contributed by atoms with Crippen molar-refractivity contribution in [3.8, 4) is 0 Å². The number of carbonyl (C=O) groups excluding carboxylic acids is 8. The first-order valence-electron chi connectivity index (χ1n) is 31.8. The Morgan fingerprint density at radius 3 is 1.76 bits per heavy atom. The molecule has 9 heterocycles. The van der Waals surface area contributed by atoms with Crippen LogP contribution in [-0.2, 0) is 105 Å². The van der Waals surface area contributed by atoms with E-state index < -0.39 is 30.4 Å². The fourth-order valence-corrected chi connectivity index (χ4v) is 12.0. The standard InChI is InChI=1S/C14H15ClN4O3.C11H16O5.C9H12O3.C8H12O4.C8H10O4.C7H10O4.C7H12O3/c1-9(20)21-6-10-4-2-3-5-11(22-10)19-8-18-12-13(15)16-7-17-14(12)19;1-6(12)14-4-8-5-15-10-3-9(10)11(8)16-7(2)13;1-5-4-11-8-3-7(8)9(5)12-6(2)10;2*1-4(9)12-8-5-2-7(5)11-3-6(8)10;1-5(8)11-7-2-3-10-4-6(7)9;8-2-4-3-10-6-1-5(6)7(4)9/h2-3,7-8,10-11H,4-6H2,1H3;8-11H,3-5H2,1-2H3;7-9H,1,3-4H2,2H3;5-8,10H,2-3H2,1H3;5,7-8H,2-3H2,1H3;2-3,6-7,9H,4H2,1H3;4-9H,1-3H2/t10-,11?;8-,9?,10?,11-;7?,8?,9-;5?,6-,7?,8-;5?,7?,8-;6-,7-;4-,5?,6?,7-/m0001110/s1. The van der Waals surface area contributed by atoms with Crippen LogP contribution in [-0.4, -0.2) is 232 Å². The summed E-state index contributed by atoms with van der Waals surface area (Å²) in [5.41, 5.74) is 2.05. The Hall–Kier alpha value is -6.58. The number of hydrogen-bond acceptors (Lipinski definition) is 29. The van der Waals surface area contributed by atoms with Crippen LogP contribution in [0.1, 0.15) is 99.6 Å². The minimum Gasteiger partial charge on any atom is -0.499 e. The van der Waals surface area contributed by atoms with Crippen LogP contribution in [0, 0.1) is 41.4 Å². The van der Waals surface area contributed by atoms with E-state index >= 15 is 0 Å². The van der Waals surface area contributed by atoms with Gasteiger partial charge in [0.25, 0.3) is 0 Å². The Morgan fingerprint density at radius 1 is 0.589 bits per heavy atom. The normalized spacial score (nSPS) is 35.5. The maximum atomic E-state index is 11.2. The van der Waals surface area contributed by atoms with Crippen LogP contribution in [0.2, 0.25) is 5.15 Å². The van der Waals surface area contributed by atoms with Crippen LogP contribution in [0.15, 0.2) is 49.3 Å². The largest absolute Gasteiger partial charge is 0.499 e. The molecule has 0 radical (unpaired) electrons. The number of rotatable bonds is 11. The van der Waals surface area contributed by atoms with Gasteiger partial charge in [-0.2, -0.15) is 0 Å². The summed E-state index contributed by atoms with van der Waals surface area (Å²) in [7, 11) is 0. The number of esters is 7. The molecule has 31 heteroatoms. The van der Waals surface area contributed by atoms with E-state index in [-0.39, 0.29) is 153 Å².